The molecule has 5 heteroatoms. The maximum atomic E-state index is 10.8. The lowest BCUT2D eigenvalue weighted by atomic mass is 10.2. The van der Waals surface area contributed by atoms with E-state index in [9.17, 15) is 4.79 Å². The Bertz CT molecular complexity index is 640. The molecule has 0 fully saturated rings. The summed E-state index contributed by atoms with van der Waals surface area (Å²) in [6, 6.07) is 10.8. The molecule has 0 saturated carbocycles. The van der Waals surface area contributed by atoms with Gasteiger partial charge in [0.1, 0.15) is 18.6 Å². The van der Waals surface area contributed by atoms with Crippen LogP contribution in [-0.4, -0.2) is 20.5 Å². The smallest absolute Gasteiger partial charge is 0.162 e. The van der Waals surface area contributed by atoms with Gasteiger partial charge < -0.3 is 14.2 Å². The van der Waals surface area contributed by atoms with Crippen LogP contribution in [0.1, 0.15) is 15.9 Å². The van der Waals surface area contributed by atoms with Gasteiger partial charge >= 0.3 is 0 Å². The third-order valence-electron chi connectivity index (χ3n) is 2.93. The van der Waals surface area contributed by atoms with Crippen molar-refractivity contribution >= 4 is 22.2 Å². The number of halogens is 1. The fraction of sp³-hybridized carbons (Fsp3) is 0.188. The summed E-state index contributed by atoms with van der Waals surface area (Å²) in [6.45, 7) is 0.362. The number of benzene rings is 2. The van der Waals surface area contributed by atoms with Crippen molar-refractivity contribution in [3.8, 4) is 17.2 Å². The molecule has 2 aromatic rings. The van der Waals surface area contributed by atoms with Crippen LogP contribution in [0.2, 0.25) is 0 Å². The fourth-order valence-corrected chi connectivity index (χ4v) is 2.43. The minimum atomic E-state index is 0.362. The molecule has 0 saturated heterocycles. The first kappa shape index (κ1) is 15.4. The van der Waals surface area contributed by atoms with Crippen LogP contribution in [0.5, 0.6) is 17.2 Å². The van der Waals surface area contributed by atoms with Gasteiger partial charge in [-0.3, -0.25) is 4.79 Å². The van der Waals surface area contributed by atoms with Crippen LogP contribution >= 0.6 is 15.9 Å². The molecule has 0 N–H and O–H groups in total. The van der Waals surface area contributed by atoms with Gasteiger partial charge in [-0.2, -0.15) is 0 Å². The highest BCUT2D eigenvalue weighted by molar-refractivity contribution is 9.10. The fourth-order valence-electron chi connectivity index (χ4n) is 1.84. The Hall–Kier alpha value is -2.01. The minimum absolute atomic E-state index is 0.362. The van der Waals surface area contributed by atoms with Crippen molar-refractivity contribution < 1.29 is 19.0 Å². The van der Waals surface area contributed by atoms with Gasteiger partial charge in [0.2, 0.25) is 0 Å². The number of ether oxygens (including phenoxy) is 3. The summed E-state index contributed by atoms with van der Waals surface area (Å²) in [5, 5.41) is 0. The van der Waals surface area contributed by atoms with E-state index < -0.39 is 0 Å². The zero-order chi connectivity index (χ0) is 15.2. The molecule has 0 amide bonds. The molecule has 0 aliphatic heterocycles. The number of hydrogen-bond donors (Lipinski definition) is 0. The number of hydrogen-bond acceptors (Lipinski definition) is 4. The molecule has 0 bridgehead atoms. The molecule has 2 rings (SSSR count). The SMILES string of the molecule is COc1ccc(COc2cc(C=O)ccc2OC)cc1Br. The van der Waals surface area contributed by atoms with E-state index in [-0.39, 0.29) is 0 Å². The van der Waals surface area contributed by atoms with Crippen molar-refractivity contribution in [3.63, 3.8) is 0 Å². The zero-order valence-electron chi connectivity index (χ0n) is 11.8. The van der Waals surface area contributed by atoms with Crippen LogP contribution in [-0.2, 0) is 6.61 Å². The van der Waals surface area contributed by atoms with Crippen LogP contribution in [0.3, 0.4) is 0 Å². The van der Waals surface area contributed by atoms with Crippen molar-refractivity contribution in [2.45, 2.75) is 6.61 Å². The molecule has 0 heterocycles. The molecule has 0 aliphatic carbocycles. The normalized spacial score (nSPS) is 10.0. The Balaban J connectivity index is 2.15. The van der Waals surface area contributed by atoms with E-state index in [0.29, 0.717) is 23.7 Å². The van der Waals surface area contributed by atoms with Crippen LogP contribution in [0.4, 0.5) is 0 Å². The highest BCUT2D eigenvalue weighted by atomic mass is 79.9. The second-order valence-electron chi connectivity index (χ2n) is 4.29. The lowest BCUT2D eigenvalue weighted by Gasteiger charge is -2.12. The molecule has 110 valence electrons. The quantitative estimate of drug-likeness (QED) is 0.742. The largest absolute Gasteiger partial charge is 0.496 e. The number of carbonyl (C=O) groups is 1. The summed E-state index contributed by atoms with van der Waals surface area (Å²) in [5.41, 5.74) is 1.52. The van der Waals surface area contributed by atoms with Crippen molar-refractivity contribution in [1.82, 2.24) is 0 Å². The van der Waals surface area contributed by atoms with Crippen LogP contribution in [0.25, 0.3) is 0 Å². The van der Waals surface area contributed by atoms with Crippen LogP contribution < -0.4 is 14.2 Å². The lowest BCUT2D eigenvalue weighted by Crippen LogP contribution is -1.99. The molecular weight excluding hydrogens is 336 g/mol. The summed E-state index contributed by atoms with van der Waals surface area (Å²) in [5.74, 6) is 1.89. The number of rotatable bonds is 6. The summed E-state index contributed by atoms with van der Waals surface area (Å²) >= 11 is 3.43. The first-order valence-electron chi connectivity index (χ1n) is 6.26. The molecule has 21 heavy (non-hydrogen) atoms. The number of carbonyl (C=O) groups excluding carboxylic acids is 1. The van der Waals surface area contributed by atoms with E-state index >= 15 is 0 Å². The molecule has 0 aliphatic rings. The third kappa shape index (κ3) is 3.76. The molecule has 0 aromatic heterocycles. The van der Waals surface area contributed by atoms with Gasteiger partial charge in [-0.25, -0.2) is 0 Å². The van der Waals surface area contributed by atoms with Gasteiger partial charge in [0, 0.05) is 5.56 Å². The summed E-state index contributed by atoms with van der Waals surface area (Å²) in [6.07, 6.45) is 0.774. The second-order valence-corrected chi connectivity index (χ2v) is 5.14. The first-order valence-corrected chi connectivity index (χ1v) is 7.05. The number of aldehydes is 1. The Labute approximate surface area is 131 Å². The maximum absolute atomic E-state index is 10.8. The summed E-state index contributed by atoms with van der Waals surface area (Å²) in [4.78, 5) is 10.8. The van der Waals surface area contributed by atoms with Gasteiger partial charge in [-0.15, -0.1) is 0 Å². The Morgan fingerprint density at radius 2 is 1.71 bits per heavy atom. The van der Waals surface area contributed by atoms with E-state index in [1.165, 1.54) is 0 Å². The third-order valence-corrected chi connectivity index (χ3v) is 3.55. The zero-order valence-corrected chi connectivity index (χ0v) is 13.3. The van der Waals surface area contributed by atoms with Gasteiger partial charge in [0.05, 0.1) is 18.7 Å². The van der Waals surface area contributed by atoms with Crippen molar-refractivity contribution in [1.29, 1.82) is 0 Å². The Morgan fingerprint density at radius 3 is 2.33 bits per heavy atom. The molecule has 2 aromatic carbocycles. The lowest BCUT2D eigenvalue weighted by molar-refractivity contribution is 0.112. The maximum Gasteiger partial charge on any atom is 0.162 e. The van der Waals surface area contributed by atoms with Gasteiger partial charge in [0.25, 0.3) is 0 Å². The predicted molar refractivity (Wildman–Crippen MR) is 83.4 cm³/mol. The monoisotopic (exact) mass is 350 g/mol. The molecule has 0 spiro atoms. The number of methoxy groups -OCH3 is 2. The van der Waals surface area contributed by atoms with Gasteiger partial charge in [0.15, 0.2) is 11.5 Å². The average Bonchev–Trinajstić information content (AvgIpc) is 2.52. The van der Waals surface area contributed by atoms with E-state index in [1.807, 2.05) is 18.2 Å². The molecular formula is C16H15BrO4. The average molecular weight is 351 g/mol. The van der Waals surface area contributed by atoms with E-state index in [2.05, 4.69) is 15.9 Å². The van der Waals surface area contributed by atoms with E-state index in [1.54, 1.807) is 32.4 Å². The van der Waals surface area contributed by atoms with Crippen molar-refractivity contribution in [3.05, 3.63) is 52.0 Å². The minimum Gasteiger partial charge on any atom is -0.496 e. The topological polar surface area (TPSA) is 44.8 Å². The van der Waals surface area contributed by atoms with Gasteiger partial charge in [-0.1, -0.05) is 6.07 Å². The van der Waals surface area contributed by atoms with Gasteiger partial charge in [-0.05, 0) is 51.8 Å². The second kappa shape index (κ2) is 7.13. The Kier molecular flexibility index (Phi) is 5.22. The predicted octanol–water partition coefficient (Wildman–Crippen LogP) is 3.86. The van der Waals surface area contributed by atoms with Crippen molar-refractivity contribution in [2.75, 3.05) is 14.2 Å². The van der Waals surface area contributed by atoms with E-state index in [4.69, 9.17) is 14.2 Å². The summed E-state index contributed by atoms with van der Waals surface area (Å²) < 4.78 is 17.0. The Morgan fingerprint density at radius 1 is 1.00 bits per heavy atom. The summed E-state index contributed by atoms with van der Waals surface area (Å²) in [7, 11) is 3.18. The molecule has 0 unspecified atom stereocenters. The highest BCUT2D eigenvalue weighted by Crippen LogP contribution is 2.30. The highest BCUT2D eigenvalue weighted by Gasteiger charge is 2.07. The van der Waals surface area contributed by atoms with Crippen LogP contribution in [0, 0.1) is 0 Å². The molecule has 4 nitrogen and oxygen atoms in total. The standard InChI is InChI=1S/C16H15BrO4/c1-19-14-5-4-12(7-13(14)17)10-21-16-8-11(9-18)3-6-15(16)20-2/h3-9H,10H2,1-2H3. The molecule has 0 radical (unpaired) electrons. The van der Waals surface area contributed by atoms with E-state index in [0.717, 1.165) is 22.1 Å². The van der Waals surface area contributed by atoms with Crippen molar-refractivity contribution in [2.24, 2.45) is 0 Å². The first-order chi connectivity index (χ1) is 10.2. The molecule has 0 atom stereocenters. The van der Waals surface area contributed by atoms with Crippen LogP contribution in [0.15, 0.2) is 40.9 Å².